The molecule has 0 spiro atoms. The van der Waals surface area contributed by atoms with Crippen molar-refractivity contribution in [1.82, 2.24) is 0 Å². The number of hydrogen-bond donors (Lipinski definition) is 3. The highest BCUT2D eigenvalue weighted by Gasteiger charge is 2.35. The monoisotopic (exact) mass is 160 g/mol. The third-order valence-corrected chi connectivity index (χ3v) is 2.48. The van der Waals surface area contributed by atoms with Crippen LogP contribution in [-0.2, 0) is 0 Å². The van der Waals surface area contributed by atoms with E-state index in [0.29, 0.717) is 12.8 Å². The van der Waals surface area contributed by atoms with Gasteiger partial charge in [-0.1, -0.05) is 19.3 Å². The molecule has 1 aliphatic carbocycles. The Bertz CT molecular complexity index is 127. The second-order valence-corrected chi connectivity index (χ2v) is 3.38. The van der Waals surface area contributed by atoms with Gasteiger partial charge in [0, 0.05) is 0 Å². The molecule has 0 radical (unpaired) electrons. The highest BCUT2D eigenvalue weighted by atomic mass is 16.4. The maximum atomic E-state index is 9.63. The van der Waals surface area contributed by atoms with Crippen molar-refractivity contribution in [3.63, 3.8) is 0 Å². The second kappa shape index (κ2) is 3.52. The summed E-state index contributed by atoms with van der Waals surface area (Å²) in [4.78, 5) is 0. The summed E-state index contributed by atoms with van der Waals surface area (Å²) in [5.41, 5.74) is -1.23. The van der Waals surface area contributed by atoms with Crippen molar-refractivity contribution >= 4 is 0 Å². The van der Waals surface area contributed by atoms with E-state index in [9.17, 15) is 10.2 Å². The lowest BCUT2D eigenvalue weighted by Gasteiger charge is -2.28. The van der Waals surface area contributed by atoms with Crippen molar-refractivity contribution in [2.75, 3.05) is 6.61 Å². The van der Waals surface area contributed by atoms with E-state index < -0.39 is 11.7 Å². The van der Waals surface area contributed by atoms with Crippen molar-refractivity contribution in [3.8, 4) is 0 Å². The van der Waals surface area contributed by atoms with Gasteiger partial charge in [0.15, 0.2) is 0 Å². The predicted molar refractivity (Wildman–Crippen MR) is 41.1 cm³/mol. The minimum Gasteiger partial charge on any atom is -0.393 e. The molecule has 0 aromatic rings. The van der Waals surface area contributed by atoms with E-state index in [1.165, 1.54) is 0 Å². The standard InChI is InChI=1S/C8H16O3/c9-6-8(11)5-3-1-2-4-7(8)10/h7,9-11H,1-6H2/t7-,8-/m1/s1. The number of aliphatic hydroxyl groups is 3. The summed E-state index contributed by atoms with van der Waals surface area (Å²) in [6.07, 6.45) is 3.27. The van der Waals surface area contributed by atoms with Crippen LogP contribution in [0.2, 0.25) is 0 Å². The van der Waals surface area contributed by atoms with Crippen LogP contribution in [0.15, 0.2) is 0 Å². The van der Waals surface area contributed by atoms with Crippen molar-refractivity contribution in [3.05, 3.63) is 0 Å². The molecule has 66 valence electrons. The van der Waals surface area contributed by atoms with Gasteiger partial charge in [0.2, 0.25) is 0 Å². The van der Waals surface area contributed by atoms with Gasteiger partial charge in [0.1, 0.15) is 5.60 Å². The number of hydrogen-bond acceptors (Lipinski definition) is 3. The summed E-state index contributed by atoms with van der Waals surface area (Å²) in [5.74, 6) is 0. The lowest BCUT2D eigenvalue weighted by molar-refractivity contribution is -0.108. The Hall–Kier alpha value is -0.120. The highest BCUT2D eigenvalue weighted by Crippen LogP contribution is 2.26. The zero-order chi connectivity index (χ0) is 8.32. The molecule has 0 amide bonds. The van der Waals surface area contributed by atoms with Gasteiger partial charge in [0.05, 0.1) is 12.7 Å². The molecule has 0 saturated heterocycles. The number of rotatable bonds is 1. The van der Waals surface area contributed by atoms with Crippen LogP contribution in [0.3, 0.4) is 0 Å². The van der Waals surface area contributed by atoms with E-state index in [1.807, 2.05) is 0 Å². The van der Waals surface area contributed by atoms with Crippen LogP contribution in [0.1, 0.15) is 32.1 Å². The quantitative estimate of drug-likeness (QED) is 0.474. The van der Waals surface area contributed by atoms with Crippen molar-refractivity contribution in [2.45, 2.75) is 43.8 Å². The third-order valence-electron chi connectivity index (χ3n) is 2.48. The maximum absolute atomic E-state index is 9.63. The Morgan fingerprint density at radius 1 is 1.27 bits per heavy atom. The van der Waals surface area contributed by atoms with E-state index in [1.54, 1.807) is 0 Å². The van der Waals surface area contributed by atoms with Gasteiger partial charge >= 0.3 is 0 Å². The van der Waals surface area contributed by atoms with Crippen LogP contribution >= 0.6 is 0 Å². The SMILES string of the molecule is OC[C@]1(O)CCCCC[C@H]1O. The van der Waals surface area contributed by atoms with E-state index in [2.05, 4.69) is 0 Å². The first-order valence-electron chi connectivity index (χ1n) is 4.20. The van der Waals surface area contributed by atoms with Crippen molar-refractivity contribution in [1.29, 1.82) is 0 Å². The normalized spacial score (nSPS) is 40.1. The van der Waals surface area contributed by atoms with E-state index >= 15 is 0 Å². The van der Waals surface area contributed by atoms with Gasteiger partial charge < -0.3 is 15.3 Å². The molecular formula is C8H16O3. The van der Waals surface area contributed by atoms with Crippen LogP contribution in [0.4, 0.5) is 0 Å². The average Bonchev–Trinajstić information content (AvgIpc) is 2.16. The molecule has 0 unspecified atom stereocenters. The Kier molecular flexibility index (Phi) is 2.87. The first kappa shape index (κ1) is 8.97. The fraction of sp³-hybridized carbons (Fsp3) is 1.00. The lowest BCUT2D eigenvalue weighted by atomic mass is 9.93. The fourth-order valence-corrected chi connectivity index (χ4v) is 1.57. The molecule has 1 fully saturated rings. The van der Waals surface area contributed by atoms with Gasteiger partial charge in [-0.15, -0.1) is 0 Å². The summed E-state index contributed by atoms with van der Waals surface area (Å²) < 4.78 is 0. The average molecular weight is 160 g/mol. The molecule has 0 aromatic carbocycles. The first-order chi connectivity index (χ1) is 5.19. The minimum atomic E-state index is -1.23. The molecule has 1 saturated carbocycles. The Labute approximate surface area is 66.7 Å². The molecule has 3 heteroatoms. The van der Waals surface area contributed by atoms with Crippen molar-refractivity contribution in [2.24, 2.45) is 0 Å². The topological polar surface area (TPSA) is 60.7 Å². The molecule has 2 atom stereocenters. The molecule has 0 heterocycles. The molecule has 3 N–H and O–H groups in total. The minimum absolute atomic E-state index is 0.325. The molecule has 11 heavy (non-hydrogen) atoms. The highest BCUT2D eigenvalue weighted by molar-refractivity contribution is 4.87. The molecule has 3 nitrogen and oxygen atoms in total. The number of aliphatic hydroxyl groups excluding tert-OH is 2. The van der Waals surface area contributed by atoms with Crippen LogP contribution in [0.5, 0.6) is 0 Å². The summed E-state index contributed by atoms with van der Waals surface area (Å²) in [6.45, 7) is -0.325. The van der Waals surface area contributed by atoms with Crippen LogP contribution in [-0.4, -0.2) is 33.6 Å². The smallest absolute Gasteiger partial charge is 0.113 e. The predicted octanol–water partition coefficient (Wildman–Crippen LogP) is 0.0348. The molecule has 0 aromatic heterocycles. The third kappa shape index (κ3) is 1.92. The Morgan fingerprint density at radius 3 is 2.64 bits per heavy atom. The summed E-state index contributed by atoms with van der Waals surface area (Å²) in [5, 5.41) is 27.9. The lowest BCUT2D eigenvalue weighted by Crippen LogP contribution is -2.44. The van der Waals surface area contributed by atoms with Crippen LogP contribution in [0.25, 0.3) is 0 Å². The van der Waals surface area contributed by atoms with E-state index in [4.69, 9.17) is 5.11 Å². The van der Waals surface area contributed by atoms with Gasteiger partial charge in [0.25, 0.3) is 0 Å². The summed E-state index contributed by atoms with van der Waals surface area (Å²) in [6, 6.07) is 0. The largest absolute Gasteiger partial charge is 0.393 e. The first-order valence-corrected chi connectivity index (χ1v) is 4.20. The molecule has 1 rings (SSSR count). The Balaban J connectivity index is 2.58. The summed E-state index contributed by atoms with van der Waals surface area (Å²) in [7, 11) is 0. The van der Waals surface area contributed by atoms with Gasteiger partial charge in [-0.3, -0.25) is 0 Å². The molecule has 1 aliphatic rings. The fourth-order valence-electron chi connectivity index (χ4n) is 1.57. The van der Waals surface area contributed by atoms with Crippen molar-refractivity contribution < 1.29 is 15.3 Å². The molecule has 0 aliphatic heterocycles. The zero-order valence-electron chi connectivity index (χ0n) is 6.66. The van der Waals surface area contributed by atoms with Crippen LogP contribution in [0, 0.1) is 0 Å². The summed E-state index contributed by atoms with van der Waals surface area (Å²) >= 11 is 0. The van der Waals surface area contributed by atoms with E-state index in [-0.39, 0.29) is 6.61 Å². The van der Waals surface area contributed by atoms with Gasteiger partial charge in [-0.25, -0.2) is 0 Å². The Morgan fingerprint density at radius 2 is 2.00 bits per heavy atom. The molecular weight excluding hydrogens is 144 g/mol. The van der Waals surface area contributed by atoms with E-state index in [0.717, 1.165) is 19.3 Å². The van der Waals surface area contributed by atoms with Gasteiger partial charge in [-0.2, -0.15) is 0 Å². The zero-order valence-corrected chi connectivity index (χ0v) is 6.66. The second-order valence-electron chi connectivity index (χ2n) is 3.38. The maximum Gasteiger partial charge on any atom is 0.113 e. The van der Waals surface area contributed by atoms with Crippen LogP contribution < -0.4 is 0 Å². The van der Waals surface area contributed by atoms with Gasteiger partial charge in [-0.05, 0) is 12.8 Å². The molecule has 0 bridgehead atoms.